The van der Waals surface area contributed by atoms with E-state index in [1.165, 1.54) is 21.2 Å². The van der Waals surface area contributed by atoms with Crippen molar-refractivity contribution < 1.29 is 8.83 Å². The summed E-state index contributed by atoms with van der Waals surface area (Å²) in [6, 6.07) is 44.8. The van der Waals surface area contributed by atoms with Crippen LogP contribution in [-0.2, 0) is 0 Å². The Morgan fingerprint density at radius 3 is 1.95 bits per heavy atom. The van der Waals surface area contributed by atoms with Crippen molar-refractivity contribution in [2.75, 3.05) is 4.90 Å². The van der Waals surface area contributed by atoms with Gasteiger partial charge in [-0.1, -0.05) is 78.5 Å². The standard InChI is InChI=1S/C36H21NO2S/c1-4-12-29-25(8-1)26-20-21-31-35(36(26)39-29)34-24(9-7-13-30(34)38-31)22-16-18-23(19-17-22)37-27-10-2-5-14-32(27)40-33-15-6-3-11-28(33)37/h1-21H. The highest BCUT2D eigenvalue weighted by atomic mass is 32.2. The lowest BCUT2D eigenvalue weighted by atomic mass is 9.98. The number of benzene rings is 6. The average molecular weight is 532 g/mol. The van der Waals surface area contributed by atoms with Crippen LogP contribution in [0.4, 0.5) is 17.1 Å². The van der Waals surface area contributed by atoms with Gasteiger partial charge in [0.2, 0.25) is 0 Å². The van der Waals surface area contributed by atoms with Crippen molar-refractivity contribution in [3.8, 4) is 11.1 Å². The third-order valence-electron chi connectivity index (χ3n) is 7.87. The fourth-order valence-electron chi connectivity index (χ4n) is 6.10. The zero-order valence-corrected chi connectivity index (χ0v) is 22.1. The van der Waals surface area contributed by atoms with Crippen LogP contribution in [0.15, 0.2) is 146 Å². The van der Waals surface area contributed by atoms with Gasteiger partial charge in [-0.2, -0.15) is 0 Å². The fourth-order valence-corrected chi connectivity index (χ4v) is 7.16. The number of fused-ring (bicyclic) bond motifs is 9. The van der Waals surface area contributed by atoms with Gasteiger partial charge in [-0.15, -0.1) is 0 Å². The summed E-state index contributed by atoms with van der Waals surface area (Å²) in [6.45, 7) is 0. The molecule has 188 valence electrons. The second-order valence-electron chi connectivity index (χ2n) is 10.1. The first-order valence-electron chi connectivity index (χ1n) is 13.4. The summed E-state index contributed by atoms with van der Waals surface area (Å²) in [5.41, 5.74) is 9.27. The molecular formula is C36H21NO2S. The number of nitrogens with zero attached hydrogens (tertiary/aromatic N) is 1. The van der Waals surface area contributed by atoms with Gasteiger partial charge in [-0.3, -0.25) is 0 Å². The Kier molecular flexibility index (Phi) is 4.54. The second-order valence-corrected chi connectivity index (χ2v) is 11.2. The summed E-state index contributed by atoms with van der Waals surface area (Å²) in [5.74, 6) is 0. The minimum Gasteiger partial charge on any atom is -0.456 e. The van der Waals surface area contributed by atoms with Crippen LogP contribution < -0.4 is 4.90 Å². The molecule has 0 N–H and O–H groups in total. The Labute approximate surface area is 234 Å². The molecule has 0 fully saturated rings. The van der Waals surface area contributed by atoms with Gasteiger partial charge >= 0.3 is 0 Å². The smallest absolute Gasteiger partial charge is 0.147 e. The Bertz CT molecular complexity index is 2210. The lowest BCUT2D eigenvalue weighted by Gasteiger charge is -2.32. The molecule has 0 unspecified atom stereocenters. The number of hydrogen-bond acceptors (Lipinski definition) is 4. The maximum absolute atomic E-state index is 6.42. The van der Waals surface area contributed by atoms with Gasteiger partial charge in [0.15, 0.2) is 0 Å². The van der Waals surface area contributed by atoms with E-state index in [9.17, 15) is 0 Å². The monoisotopic (exact) mass is 531 g/mol. The molecule has 4 heteroatoms. The quantitative estimate of drug-likeness (QED) is 0.222. The largest absolute Gasteiger partial charge is 0.456 e. The van der Waals surface area contributed by atoms with E-state index in [-0.39, 0.29) is 0 Å². The minimum atomic E-state index is 0.838. The van der Waals surface area contributed by atoms with Crippen molar-refractivity contribution in [1.82, 2.24) is 0 Å². The van der Waals surface area contributed by atoms with Gasteiger partial charge < -0.3 is 13.7 Å². The lowest BCUT2D eigenvalue weighted by molar-refractivity contribution is 0.663. The van der Waals surface area contributed by atoms with Crippen molar-refractivity contribution >= 4 is 72.7 Å². The summed E-state index contributed by atoms with van der Waals surface area (Å²) in [4.78, 5) is 4.88. The van der Waals surface area contributed by atoms with E-state index >= 15 is 0 Å². The van der Waals surface area contributed by atoms with Crippen molar-refractivity contribution in [2.45, 2.75) is 9.79 Å². The van der Waals surface area contributed by atoms with Crippen LogP contribution in [0.1, 0.15) is 0 Å². The molecule has 3 nitrogen and oxygen atoms in total. The Morgan fingerprint density at radius 1 is 0.475 bits per heavy atom. The second kappa shape index (κ2) is 8.28. The van der Waals surface area contributed by atoms with Crippen LogP contribution in [0.5, 0.6) is 0 Å². The van der Waals surface area contributed by atoms with Crippen LogP contribution in [0.2, 0.25) is 0 Å². The van der Waals surface area contributed by atoms with E-state index in [1.54, 1.807) is 0 Å². The molecule has 0 amide bonds. The van der Waals surface area contributed by atoms with E-state index in [4.69, 9.17) is 8.83 Å². The molecule has 1 aliphatic rings. The van der Waals surface area contributed by atoms with Crippen LogP contribution in [-0.4, -0.2) is 0 Å². The SMILES string of the molecule is c1ccc2c(c1)Sc1ccccc1N2c1ccc(-c2cccc3oc4ccc5c6ccccc6oc5c4c23)cc1. The number of furan rings is 2. The summed E-state index contributed by atoms with van der Waals surface area (Å²) in [7, 11) is 0. The third-order valence-corrected chi connectivity index (χ3v) is 9.00. The molecule has 0 aliphatic carbocycles. The average Bonchev–Trinajstić information content (AvgIpc) is 3.58. The van der Waals surface area contributed by atoms with E-state index in [0.717, 1.165) is 60.7 Å². The first-order valence-corrected chi connectivity index (χ1v) is 14.2. The summed E-state index contributed by atoms with van der Waals surface area (Å²) in [5, 5.41) is 4.34. The molecule has 1 aliphatic heterocycles. The number of para-hydroxylation sites is 3. The predicted octanol–water partition coefficient (Wildman–Crippen LogP) is 11.1. The number of anilines is 3. The first-order chi connectivity index (χ1) is 19.8. The van der Waals surface area contributed by atoms with Gasteiger partial charge in [0.1, 0.15) is 22.3 Å². The maximum Gasteiger partial charge on any atom is 0.147 e. The van der Waals surface area contributed by atoms with Gasteiger partial charge in [-0.25, -0.2) is 0 Å². The van der Waals surface area contributed by atoms with Gasteiger partial charge in [-0.05, 0) is 71.8 Å². The molecule has 0 saturated carbocycles. The topological polar surface area (TPSA) is 29.5 Å². The number of rotatable bonds is 2. The highest BCUT2D eigenvalue weighted by Gasteiger charge is 2.24. The molecule has 8 aromatic rings. The zero-order chi connectivity index (χ0) is 26.2. The van der Waals surface area contributed by atoms with Gasteiger partial charge in [0.05, 0.1) is 16.8 Å². The highest BCUT2D eigenvalue weighted by Crippen LogP contribution is 2.51. The number of hydrogen-bond donors (Lipinski definition) is 0. The van der Waals surface area contributed by atoms with Crippen molar-refractivity contribution in [2.24, 2.45) is 0 Å². The maximum atomic E-state index is 6.42. The fraction of sp³-hybridized carbons (Fsp3) is 0. The molecule has 40 heavy (non-hydrogen) atoms. The Balaban J connectivity index is 1.24. The van der Waals surface area contributed by atoms with Crippen molar-refractivity contribution in [3.05, 3.63) is 127 Å². The third kappa shape index (κ3) is 3.08. The van der Waals surface area contributed by atoms with E-state index in [2.05, 4.69) is 114 Å². The molecule has 2 aromatic heterocycles. The van der Waals surface area contributed by atoms with E-state index < -0.39 is 0 Å². The first kappa shape index (κ1) is 21.9. The molecular weight excluding hydrogens is 510 g/mol. The summed E-state index contributed by atoms with van der Waals surface area (Å²) >= 11 is 1.83. The lowest BCUT2D eigenvalue weighted by Crippen LogP contribution is -2.14. The molecule has 0 bridgehead atoms. The molecule has 0 saturated heterocycles. The molecule has 0 atom stereocenters. The van der Waals surface area contributed by atoms with Crippen molar-refractivity contribution in [1.29, 1.82) is 0 Å². The van der Waals surface area contributed by atoms with E-state index in [0.29, 0.717) is 0 Å². The molecule has 9 rings (SSSR count). The van der Waals surface area contributed by atoms with Crippen LogP contribution in [0.25, 0.3) is 55.0 Å². The van der Waals surface area contributed by atoms with Gasteiger partial charge in [0.25, 0.3) is 0 Å². The van der Waals surface area contributed by atoms with Gasteiger partial charge in [0, 0.05) is 31.6 Å². The molecule has 6 aromatic carbocycles. The molecule has 3 heterocycles. The van der Waals surface area contributed by atoms with Crippen LogP contribution in [0.3, 0.4) is 0 Å². The van der Waals surface area contributed by atoms with Crippen molar-refractivity contribution in [3.63, 3.8) is 0 Å². The highest BCUT2D eigenvalue weighted by molar-refractivity contribution is 7.99. The minimum absolute atomic E-state index is 0.838. The molecule has 0 spiro atoms. The predicted molar refractivity (Wildman–Crippen MR) is 165 cm³/mol. The Hall–Kier alpha value is -4.93. The summed E-state index contributed by atoms with van der Waals surface area (Å²) < 4.78 is 12.8. The van der Waals surface area contributed by atoms with Crippen LogP contribution >= 0.6 is 11.8 Å². The summed E-state index contributed by atoms with van der Waals surface area (Å²) in [6.07, 6.45) is 0. The molecule has 0 radical (unpaired) electrons. The van der Waals surface area contributed by atoms with E-state index in [1.807, 2.05) is 30.0 Å². The normalized spacial score (nSPS) is 12.8. The van der Waals surface area contributed by atoms with Crippen LogP contribution in [0, 0.1) is 0 Å². The Morgan fingerprint density at radius 2 is 1.15 bits per heavy atom. The zero-order valence-electron chi connectivity index (χ0n) is 21.3.